The first-order valence-corrected chi connectivity index (χ1v) is 14.6. The Balaban J connectivity index is 1.30. The number of oxazole rings is 1. The molecule has 1 aliphatic carbocycles. The van der Waals surface area contributed by atoms with Crippen molar-refractivity contribution >= 4 is 34.7 Å². The van der Waals surface area contributed by atoms with E-state index in [4.69, 9.17) is 14.0 Å². The highest BCUT2D eigenvalue weighted by atomic mass is 19.1. The number of aryl methyl sites for hydroxylation is 1. The number of carbonyl (C=O) groups excluding carboxylic acids is 1. The van der Waals surface area contributed by atoms with Gasteiger partial charge in [0.15, 0.2) is 5.58 Å². The Morgan fingerprint density at radius 1 is 1.12 bits per heavy atom. The molecule has 232 valence electrons. The van der Waals surface area contributed by atoms with Crippen LogP contribution in [0.3, 0.4) is 0 Å². The van der Waals surface area contributed by atoms with Crippen molar-refractivity contribution in [2.24, 2.45) is 5.92 Å². The molecule has 1 amide bonds. The average molecular weight is 601 g/mol. The van der Waals surface area contributed by atoms with Gasteiger partial charge in [0.2, 0.25) is 5.91 Å². The normalized spacial score (nSPS) is 22.4. The molecule has 0 spiro atoms. The first-order chi connectivity index (χ1) is 20.6. The van der Waals surface area contributed by atoms with E-state index < -0.39 is 17.6 Å². The first-order valence-electron chi connectivity index (χ1n) is 14.6. The second-order valence-corrected chi connectivity index (χ2v) is 11.5. The minimum absolute atomic E-state index is 0.0166. The van der Waals surface area contributed by atoms with E-state index in [1.54, 1.807) is 43.2 Å². The number of hydroxylamine groups is 2. The molecular formula is C31H38F2N4O6. The average Bonchev–Trinajstić information content (AvgIpc) is 3.56. The molecule has 1 aromatic heterocycles. The van der Waals surface area contributed by atoms with Crippen LogP contribution in [0.1, 0.15) is 49.7 Å². The van der Waals surface area contributed by atoms with Crippen molar-refractivity contribution in [3.63, 3.8) is 0 Å². The number of amides is 1. The number of aromatic nitrogens is 1. The highest BCUT2D eigenvalue weighted by molar-refractivity contribution is 5.83. The van der Waals surface area contributed by atoms with E-state index in [0.29, 0.717) is 49.9 Å². The number of benzene rings is 2. The lowest BCUT2D eigenvalue weighted by molar-refractivity contribution is -0.146. The fourth-order valence-electron chi connectivity index (χ4n) is 6.14. The van der Waals surface area contributed by atoms with Crippen LogP contribution in [0.15, 0.2) is 34.7 Å². The third-order valence-corrected chi connectivity index (χ3v) is 8.59. The Bertz CT molecular complexity index is 1440. The van der Waals surface area contributed by atoms with Crippen molar-refractivity contribution in [3.05, 3.63) is 53.1 Å². The van der Waals surface area contributed by atoms with E-state index in [2.05, 4.69) is 10.3 Å². The van der Waals surface area contributed by atoms with Gasteiger partial charge in [-0.3, -0.25) is 9.59 Å². The number of halogens is 2. The van der Waals surface area contributed by atoms with Gasteiger partial charge in [0.25, 0.3) is 6.01 Å². The third kappa shape index (κ3) is 7.14. The molecule has 1 aliphatic heterocycles. The number of carboxylic acid groups (broad SMARTS) is 1. The molecule has 0 unspecified atom stereocenters. The summed E-state index contributed by atoms with van der Waals surface area (Å²) in [5.41, 5.74) is 1.57. The summed E-state index contributed by atoms with van der Waals surface area (Å²) in [6.07, 6.45) is 3.74. The Morgan fingerprint density at radius 2 is 1.86 bits per heavy atom. The van der Waals surface area contributed by atoms with Crippen molar-refractivity contribution in [1.29, 1.82) is 0 Å². The van der Waals surface area contributed by atoms with E-state index in [1.807, 2.05) is 0 Å². The molecule has 2 aromatic carbocycles. The van der Waals surface area contributed by atoms with Crippen LogP contribution in [0, 0.1) is 24.5 Å². The summed E-state index contributed by atoms with van der Waals surface area (Å²) < 4.78 is 41.4. The summed E-state index contributed by atoms with van der Waals surface area (Å²) in [7, 11) is 3.36. The van der Waals surface area contributed by atoms with Crippen molar-refractivity contribution in [2.45, 2.75) is 70.1 Å². The highest BCUT2D eigenvalue weighted by Gasteiger charge is 2.38. The molecule has 1 saturated carbocycles. The number of fused-ring (bicyclic) bond motifs is 1. The van der Waals surface area contributed by atoms with E-state index in [-0.39, 0.29) is 59.3 Å². The molecule has 12 heteroatoms. The zero-order valence-electron chi connectivity index (χ0n) is 24.6. The molecule has 2 heterocycles. The van der Waals surface area contributed by atoms with Crippen molar-refractivity contribution in [1.82, 2.24) is 14.9 Å². The van der Waals surface area contributed by atoms with Gasteiger partial charge in [-0.2, -0.15) is 10.0 Å². The smallest absolute Gasteiger partial charge is 0.306 e. The van der Waals surface area contributed by atoms with Gasteiger partial charge in [0.1, 0.15) is 17.2 Å². The summed E-state index contributed by atoms with van der Waals surface area (Å²) in [4.78, 5) is 36.5. The van der Waals surface area contributed by atoms with Crippen LogP contribution in [0.5, 0.6) is 0 Å². The van der Waals surface area contributed by atoms with E-state index in [1.165, 1.54) is 18.2 Å². The maximum absolute atomic E-state index is 15.2. The number of anilines is 2. The maximum atomic E-state index is 15.2. The zero-order valence-corrected chi connectivity index (χ0v) is 24.6. The molecule has 43 heavy (non-hydrogen) atoms. The van der Waals surface area contributed by atoms with E-state index >= 15 is 4.39 Å². The third-order valence-electron chi connectivity index (χ3n) is 8.59. The largest absolute Gasteiger partial charge is 0.481 e. The van der Waals surface area contributed by atoms with E-state index in [0.717, 1.165) is 12.8 Å². The molecule has 0 radical (unpaired) electrons. The lowest BCUT2D eigenvalue weighted by Crippen LogP contribution is -2.48. The molecule has 2 aliphatic rings. The summed E-state index contributed by atoms with van der Waals surface area (Å²) in [6, 6.07) is 7.02. The summed E-state index contributed by atoms with van der Waals surface area (Å²) in [5, 5.41) is 13.8. The number of aliphatic carboxylic acids is 1. The summed E-state index contributed by atoms with van der Waals surface area (Å²) >= 11 is 0. The first kappa shape index (κ1) is 30.8. The van der Waals surface area contributed by atoms with Crippen LogP contribution in [-0.4, -0.2) is 77.4 Å². The molecular weight excluding hydrogens is 562 g/mol. The zero-order chi connectivity index (χ0) is 30.7. The summed E-state index contributed by atoms with van der Waals surface area (Å²) in [5.74, 6) is -2.40. The Morgan fingerprint density at radius 3 is 2.56 bits per heavy atom. The lowest BCUT2D eigenvalue weighted by atomic mass is 9.87. The highest BCUT2D eigenvalue weighted by Crippen LogP contribution is 2.32. The van der Waals surface area contributed by atoms with Gasteiger partial charge in [-0.1, -0.05) is 12.1 Å². The topological polar surface area (TPSA) is 117 Å². The van der Waals surface area contributed by atoms with Gasteiger partial charge in [-0.15, -0.1) is 0 Å². The Labute approximate surface area is 248 Å². The molecule has 1 saturated heterocycles. The number of carbonyl (C=O) groups is 2. The number of nitrogens with zero attached hydrogens (tertiary/aromatic N) is 3. The number of ether oxygens (including phenoxy) is 1. The Kier molecular flexibility index (Phi) is 9.58. The molecule has 0 bridgehead atoms. The van der Waals surface area contributed by atoms with Crippen molar-refractivity contribution in [3.8, 4) is 0 Å². The number of hydrogen-bond donors (Lipinski definition) is 2. The monoisotopic (exact) mass is 600 g/mol. The molecule has 2 N–H and O–H groups in total. The lowest BCUT2D eigenvalue weighted by Gasteiger charge is -2.34. The number of nitrogens with one attached hydrogen (secondary N) is 1. The van der Waals surface area contributed by atoms with Crippen LogP contribution in [0.2, 0.25) is 0 Å². The van der Waals surface area contributed by atoms with Gasteiger partial charge in [-0.05, 0) is 68.7 Å². The molecule has 10 nitrogen and oxygen atoms in total. The Hall–Kier alpha value is -3.61. The number of carboxylic acids is 1. The van der Waals surface area contributed by atoms with Crippen molar-refractivity contribution in [2.75, 3.05) is 32.6 Å². The second kappa shape index (κ2) is 13.4. The molecule has 2 atom stereocenters. The fraction of sp³-hybridized carbons (Fsp3) is 0.516. The maximum Gasteiger partial charge on any atom is 0.306 e. The summed E-state index contributed by atoms with van der Waals surface area (Å²) in [6.45, 7) is 2.56. The number of para-hydroxylation sites is 1. The predicted molar refractivity (Wildman–Crippen MR) is 155 cm³/mol. The van der Waals surface area contributed by atoms with Gasteiger partial charge in [0, 0.05) is 25.7 Å². The van der Waals surface area contributed by atoms with Gasteiger partial charge < -0.3 is 29.3 Å². The number of rotatable bonds is 11. The van der Waals surface area contributed by atoms with Gasteiger partial charge >= 0.3 is 5.97 Å². The number of likely N-dealkylation sites (N-methyl/N-ethyl adjacent to an activating group) is 1. The molecule has 3 aromatic rings. The molecule has 5 rings (SSSR count). The van der Waals surface area contributed by atoms with Crippen LogP contribution >= 0.6 is 0 Å². The van der Waals surface area contributed by atoms with Crippen LogP contribution in [0.25, 0.3) is 11.1 Å². The van der Waals surface area contributed by atoms with Gasteiger partial charge in [-0.25, -0.2) is 8.78 Å². The van der Waals surface area contributed by atoms with Crippen LogP contribution < -0.4 is 5.32 Å². The number of likely N-dealkylation sites (tertiary alicyclic amines) is 1. The predicted octanol–water partition coefficient (Wildman–Crippen LogP) is 5.21. The SMILES string of the molecule is CON(C)C[C@@H]1CC[C@@H](COC2CCC(C(=O)O)CC2)N1C(=O)Cc1cc2nc(Nc3c(C)cccc3F)oc2cc1F. The molecule has 2 fully saturated rings. The second-order valence-electron chi connectivity index (χ2n) is 11.5. The standard InChI is InChI=1S/C31H38F2N4O6/c1-18-5-4-6-24(32)29(18)35-31-34-26-13-20(25(33)15-27(26)43-31)14-28(38)37-21(16-36(2)41-3)9-10-22(37)17-42-23-11-7-19(8-12-23)30(39)40/h4-6,13,15,19,21-23H,7-12,14,16-17H2,1-3H3,(H,34,35)(H,39,40)/t19?,21-,22-,23?/m0/s1. The van der Waals surface area contributed by atoms with Gasteiger partial charge in [0.05, 0.1) is 43.9 Å². The quantitative estimate of drug-likeness (QED) is 0.286. The minimum Gasteiger partial charge on any atom is -0.481 e. The number of hydrogen-bond acceptors (Lipinski definition) is 8. The fourth-order valence-corrected chi connectivity index (χ4v) is 6.14. The van der Waals surface area contributed by atoms with Crippen molar-refractivity contribution < 1.29 is 37.5 Å². The van der Waals surface area contributed by atoms with Crippen LogP contribution in [-0.2, 0) is 25.6 Å². The van der Waals surface area contributed by atoms with Crippen LogP contribution in [0.4, 0.5) is 20.5 Å². The van der Waals surface area contributed by atoms with E-state index in [9.17, 15) is 19.1 Å². The minimum atomic E-state index is -0.764.